The lowest BCUT2D eigenvalue weighted by molar-refractivity contribution is 0.0977. The topological polar surface area (TPSA) is 67.2 Å². The van der Waals surface area contributed by atoms with Gasteiger partial charge in [0.25, 0.3) is 5.91 Å². The number of halogens is 1. The Kier molecular flexibility index (Phi) is 5.54. The van der Waals surface area contributed by atoms with Crippen molar-refractivity contribution in [2.24, 2.45) is 0 Å². The van der Waals surface area contributed by atoms with Crippen molar-refractivity contribution in [3.8, 4) is 11.5 Å². The quantitative estimate of drug-likeness (QED) is 0.438. The largest absolute Gasteiger partial charge is 0.436 e. The third kappa shape index (κ3) is 4.36. The highest BCUT2D eigenvalue weighted by atomic mass is 32.1. The third-order valence-corrected chi connectivity index (χ3v) is 4.77. The number of hydrogen-bond acceptors (Lipinski definition) is 4. The van der Waals surface area contributed by atoms with Gasteiger partial charge in [0.1, 0.15) is 11.3 Å². The first-order valence-corrected chi connectivity index (χ1v) is 9.80. The van der Waals surface area contributed by atoms with Gasteiger partial charge in [-0.2, -0.15) is 0 Å². The predicted octanol–water partition coefficient (Wildman–Crippen LogP) is 5.32. The van der Waals surface area contributed by atoms with Crippen LogP contribution in [0.15, 0.2) is 71.1 Å². The highest BCUT2D eigenvalue weighted by Gasteiger charge is 2.11. The molecule has 0 aliphatic heterocycles. The number of thiocarbonyl (C=S) groups is 1. The zero-order valence-corrected chi connectivity index (χ0v) is 16.9. The van der Waals surface area contributed by atoms with Gasteiger partial charge < -0.3 is 9.73 Å². The molecule has 0 atom stereocenters. The molecule has 0 saturated heterocycles. The fourth-order valence-electron chi connectivity index (χ4n) is 2.98. The van der Waals surface area contributed by atoms with Crippen molar-refractivity contribution in [1.82, 2.24) is 10.3 Å². The number of aryl methyl sites for hydroxylation is 1. The molecule has 7 heteroatoms. The van der Waals surface area contributed by atoms with E-state index in [0.717, 1.165) is 12.0 Å². The van der Waals surface area contributed by atoms with Crippen LogP contribution in [-0.2, 0) is 6.42 Å². The van der Waals surface area contributed by atoms with Crippen LogP contribution in [0.2, 0.25) is 0 Å². The maximum atomic E-state index is 13.5. The fraction of sp³-hybridized carbons (Fsp3) is 0.0870. The summed E-state index contributed by atoms with van der Waals surface area (Å²) in [7, 11) is 0. The lowest BCUT2D eigenvalue weighted by Crippen LogP contribution is -2.34. The monoisotopic (exact) mass is 419 g/mol. The lowest BCUT2D eigenvalue weighted by Gasteiger charge is -2.09. The molecule has 0 radical (unpaired) electrons. The molecule has 2 N–H and O–H groups in total. The number of nitrogens with zero attached hydrogens (tertiary/aromatic N) is 1. The van der Waals surface area contributed by atoms with E-state index in [1.807, 2.05) is 12.1 Å². The van der Waals surface area contributed by atoms with Crippen molar-refractivity contribution < 1.29 is 13.6 Å². The van der Waals surface area contributed by atoms with Crippen LogP contribution in [0.25, 0.3) is 22.6 Å². The summed E-state index contributed by atoms with van der Waals surface area (Å²) in [5.41, 5.74) is 4.04. The van der Waals surface area contributed by atoms with Crippen molar-refractivity contribution in [2.45, 2.75) is 13.3 Å². The summed E-state index contributed by atoms with van der Waals surface area (Å²) in [5, 5.41) is 5.81. The molecule has 1 amide bonds. The van der Waals surface area contributed by atoms with E-state index >= 15 is 0 Å². The van der Waals surface area contributed by atoms with Gasteiger partial charge in [0, 0.05) is 16.8 Å². The number of amides is 1. The van der Waals surface area contributed by atoms with Crippen molar-refractivity contribution in [3.05, 3.63) is 83.7 Å². The van der Waals surface area contributed by atoms with Crippen molar-refractivity contribution >= 4 is 40.0 Å². The molecule has 0 saturated carbocycles. The number of carbonyl (C=O) groups excluding carboxylic acids is 1. The molecule has 0 fully saturated rings. The Labute approximate surface area is 177 Å². The van der Waals surface area contributed by atoms with E-state index in [2.05, 4.69) is 22.5 Å². The highest BCUT2D eigenvalue weighted by molar-refractivity contribution is 7.80. The van der Waals surface area contributed by atoms with Crippen LogP contribution in [0.3, 0.4) is 0 Å². The Hall–Kier alpha value is -3.58. The molecule has 0 spiro atoms. The molecule has 0 aliphatic rings. The summed E-state index contributed by atoms with van der Waals surface area (Å²) in [6, 6.07) is 18.7. The first-order valence-electron chi connectivity index (χ1n) is 9.39. The summed E-state index contributed by atoms with van der Waals surface area (Å²) >= 11 is 5.25. The van der Waals surface area contributed by atoms with Crippen LogP contribution in [-0.4, -0.2) is 16.0 Å². The Morgan fingerprint density at radius 3 is 2.63 bits per heavy atom. The van der Waals surface area contributed by atoms with E-state index in [1.54, 1.807) is 42.5 Å². The highest BCUT2D eigenvalue weighted by Crippen LogP contribution is 2.26. The fourth-order valence-corrected chi connectivity index (χ4v) is 3.19. The van der Waals surface area contributed by atoms with Gasteiger partial charge in [0.05, 0.1) is 0 Å². The minimum absolute atomic E-state index is 0.174. The molecule has 1 heterocycles. The SMILES string of the molecule is CCc1ccc(C(=O)NC(=S)Nc2ccc3oc(-c4cccc(F)c4)nc3c2)cc1. The first-order chi connectivity index (χ1) is 14.5. The number of hydrogen-bond donors (Lipinski definition) is 2. The molecule has 0 bridgehead atoms. The molecule has 4 rings (SSSR count). The summed E-state index contributed by atoms with van der Waals surface area (Å²) in [6.07, 6.45) is 0.910. The minimum Gasteiger partial charge on any atom is -0.436 e. The third-order valence-electron chi connectivity index (χ3n) is 4.57. The Balaban J connectivity index is 1.46. The van der Waals surface area contributed by atoms with Gasteiger partial charge in [-0.3, -0.25) is 10.1 Å². The summed E-state index contributed by atoms with van der Waals surface area (Å²) in [5.74, 6) is -0.318. The van der Waals surface area contributed by atoms with Gasteiger partial charge in [-0.15, -0.1) is 0 Å². The number of aromatic nitrogens is 1. The maximum Gasteiger partial charge on any atom is 0.257 e. The molecular formula is C23H18FN3O2S. The van der Waals surface area contributed by atoms with Crippen molar-refractivity contribution in [1.29, 1.82) is 0 Å². The molecule has 0 aliphatic carbocycles. The average Bonchev–Trinajstić information content (AvgIpc) is 3.17. The predicted molar refractivity (Wildman–Crippen MR) is 119 cm³/mol. The second-order valence-electron chi connectivity index (χ2n) is 6.67. The number of benzene rings is 3. The van der Waals surface area contributed by atoms with E-state index in [0.29, 0.717) is 33.8 Å². The molecular weight excluding hydrogens is 401 g/mol. The molecule has 30 heavy (non-hydrogen) atoms. The molecule has 1 aromatic heterocycles. The van der Waals surface area contributed by atoms with E-state index in [-0.39, 0.29) is 16.8 Å². The van der Waals surface area contributed by atoms with Crippen molar-refractivity contribution in [2.75, 3.05) is 5.32 Å². The van der Waals surface area contributed by atoms with Gasteiger partial charge in [0.2, 0.25) is 5.89 Å². The molecule has 5 nitrogen and oxygen atoms in total. The van der Waals surface area contributed by atoms with E-state index in [1.165, 1.54) is 12.1 Å². The minimum atomic E-state index is -0.359. The zero-order chi connectivity index (χ0) is 21.1. The Morgan fingerprint density at radius 1 is 1.10 bits per heavy atom. The molecule has 4 aromatic rings. The van der Waals surface area contributed by atoms with Crippen LogP contribution >= 0.6 is 12.2 Å². The van der Waals surface area contributed by atoms with E-state index in [9.17, 15) is 9.18 Å². The molecule has 150 valence electrons. The summed E-state index contributed by atoms with van der Waals surface area (Å²) < 4.78 is 19.2. The average molecular weight is 419 g/mol. The zero-order valence-electron chi connectivity index (χ0n) is 16.1. The molecule has 0 unspecified atom stereocenters. The smallest absolute Gasteiger partial charge is 0.257 e. The number of nitrogens with one attached hydrogen (secondary N) is 2. The van der Waals surface area contributed by atoms with Gasteiger partial charge in [-0.1, -0.05) is 25.1 Å². The number of oxazole rings is 1. The maximum absolute atomic E-state index is 13.5. The van der Waals surface area contributed by atoms with Gasteiger partial charge in [-0.05, 0) is 72.7 Å². The summed E-state index contributed by atoms with van der Waals surface area (Å²) in [4.78, 5) is 16.8. The number of fused-ring (bicyclic) bond motifs is 1. The van der Waals surface area contributed by atoms with Crippen LogP contribution in [0, 0.1) is 5.82 Å². The van der Waals surface area contributed by atoms with Crippen LogP contribution in [0.1, 0.15) is 22.8 Å². The second-order valence-corrected chi connectivity index (χ2v) is 7.08. The van der Waals surface area contributed by atoms with Gasteiger partial charge >= 0.3 is 0 Å². The number of anilines is 1. The first kappa shape index (κ1) is 19.7. The van der Waals surface area contributed by atoms with E-state index < -0.39 is 0 Å². The Bertz CT molecular complexity index is 1230. The Morgan fingerprint density at radius 2 is 1.90 bits per heavy atom. The lowest BCUT2D eigenvalue weighted by atomic mass is 10.1. The normalized spacial score (nSPS) is 10.7. The van der Waals surface area contributed by atoms with Crippen LogP contribution in [0.5, 0.6) is 0 Å². The van der Waals surface area contributed by atoms with Crippen molar-refractivity contribution in [3.63, 3.8) is 0 Å². The van der Waals surface area contributed by atoms with Gasteiger partial charge in [0.15, 0.2) is 10.7 Å². The standard InChI is InChI=1S/C23H18FN3O2S/c1-2-14-6-8-15(9-7-14)21(28)27-23(30)25-18-10-11-20-19(13-18)26-22(29-20)16-4-3-5-17(24)12-16/h3-13H,2H2,1H3,(H2,25,27,28,30). The number of carbonyl (C=O) groups is 1. The van der Waals surface area contributed by atoms with E-state index in [4.69, 9.17) is 16.6 Å². The number of rotatable bonds is 4. The second kappa shape index (κ2) is 8.42. The molecule has 3 aromatic carbocycles. The van der Waals surface area contributed by atoms with Gasteiger partial charge in [-0.25, -0.2) is 9.37 Å². The summed E-state index contributed by atoms with van der Waals surface area (Å²) in [6.45, 7) is 2.06. The van der Waals surface area contributed by atoms with Crippen LogP contribution in [0.4, 0.5) is 10.1 Å². The van der Waals surface area contributed by atoms with Crippen LogP contribution < -0.4 is 10.6 Å².